The number of ether oxygens (including phenoxy) is 1. The molecule has 0 radical (unpaired) electrons. The van der Waals surface area contributed by atoms with Crippen molar-refractivity contribution in [2.45, 2.75) is 108 Å². The van der Waals surface area contributed by atoms with E-state index < -0.39 is 47.8 Å². The summed E-state index contributed by atoms with van der Waals surface area (Å²) in [6.45, 7) is 2.15. The van der Waals surface area contributed by atoms with Gasteiger partial charge in [0.2, 0.25) is 5.91 Å². The minimum atomic E-state index is -3.03. The maximum absolute atomic E-state index is 13.3. The Hall–Kier alpha value is -4.51. The van der Waals surface area contributed by atoms with Crippen LogP contribution in [-0.2, 0) is 30.4 Å². The molecule has 11 heteroatoms. The van der Waals surface area contributed by atoms with Gasteiger partial charge in [-0.3, -0.25) is 14.4 Å². The molecule has 0 unspecified atom stereocenters. The predicted molar refractivity (Wildman–Crippen MR) is 180 cm³/mol. The number of hydrogen-bond acceptors (Lipinski definition) is 7. The second kappa shape index (κ2) is 21.4. The number of allylic oxidation sites excluding steroid dienone is 1. The minimum absolute atomic E-state index is 0.172. The summed E-state index contributed by atoms with van der Waals surface area (Å²) in [6.07, 6.45) is 11.2. The van der Waals surface area contributed by atoms with Crippen molar-refractivity contribution in [2.75, 3.05) is 0 Å². The van der Waals surface area contributed by atoms with E-state index in [2.05, 4.69) is 12.2 Å². The summed E-state index contributed by atoms with van der Waals surface area (Å²) in [4.78, 5) is 61.0. The van der Waals surface area contributed by atoms with E-state index in [1.54, 1.807) is 36.4 Å². The van der Waals surface area contributed by atoms with Gasteiger partial charge < -0.3 is 30.5 Å². The van der Waals surface area contributed by atoms with E-state index in [1.807, 2.05) is 18.2 Å². The molecule has 0 aliphatic heterocycles. The number of nitrogens with one attached hydrogen (secondary N) is 1. The number of benzene rings is 2. The van der Waals surface area contributed by atoms with Gasteiger partial charge >= 0.3 is 17.9 Å². The SMILES string of the molecule is CCCCCCCC(=O)CCCCCC/C=C/[C@H](C(=O)N[C@@H](Cc1ccc(Oc2ccccc2)cc1)C(=O)O)[C@@](O)(CC(=O)O)C(=O)O. The van der Waals surface area contributed by atoms with Gasteiger partial charge in [-0.15, -0.1) is 0 Å². The Labute approximate surface area is 282 Å². The summed E-state index contributed by atoms with van der Waals surface area (Å²) in [5.74, 6) is -6.61. The van der Waals surface area contributed by atoms with Gasteiger partial charge in [-0.1, -0.05) is 87.9 Å². The largest absolute Gasteiger partial charge is 0.481 e. The number of unbranched alkanes of at least 4 members (excludes halogenated alkanes) is 8. The summed E-state index contributed by atoms with van der Waals surface area (Å²) in [6, 6.07) is 14.1. The van der Waals surface area contributed by atoms with Gasteiger partial charge in [0.1, 0.15) is 23.3 Å². The van der Waals surface area contributed by atoms with Gasteiger partial charge in [0.05, 0.1) is 12.3 Å². The number of ketones is 1. The molecule has 3 atom stereocenters. The lowest BCUT2D eigenvalue weighted by Crippen LogP contribution is -2.55. The van der Waals surface area contributed by atoms with Gasteiger partial charge in [-0.05, 0) is 55.5 Å². The normalized spacial score (nSPS) is 13.7. The smallest absolute Gasteiger partial charge is 0.337 e. The molecule has 0 aliphatic rings. The maximum atomic E-state index is 13.3. The van der Waals surface area contributed by atoms with E-state index in [-0.39, 0.29) is 12.2 Å². The standard InChI is InChI=1S/C37H49NO10/c1-2-3-4-7-11-16-28(39)17-12-8-5-6-9-15-20-31(37(47,36(45)46)26-33(40)41)34(42)38-32(35(43)44)25-27-21-23-30(24-22-27)48-29-18-13-10-14-19-29/h10,13-15,18-24,31-32,47H,2-9,11-12,16-17,25-26H2,1H3,(H,38,42)(H,40,41)(H,43,44)(H,45,46)/b20-15+/t31-,32+,37+/m1/s1. The molecule has 0 fully saturated rings. The number of Topliss-reactive ketones (excluding diaryl/α,β-unsaturated/α-hetero) is 1. The van der Waals surface area contributed by atoms with Crippen molar-refractivity contribution in [3.05, 3.63) is 72.3 Å². The molecule has 0 aromatic heterocycles. The first-order chi connectivity index (χ1) is 23.0. The molecule has 11 nitrogen and oxygen atoms in total. The zero-order chi connectivity index (χ0) is 35.4. The van der Waals surface area contributed by atoms with Crippen LogP contribution in [0, 0.1) is 5.92 Å². The number of rotatable bonds is 25. The highest BCUT2D eigenvalue weighted by Crippen LogP contribution is 2.26. The Balaban J connectivity index is 2.00. The number of carbonyl (C=O) groups excluding carboxylic acids is 2. The van der Waals surface area contributed by atoms with E-state index in [0.29, 0.717) is 42.7 Å². The molecule has 48 heavy (non-hydrogen) atoms. The third-order valence-corrected chi connectivity index (χ3v) is 8.01. The highest BCUT2D eigenvalue weighted by Gasteiger charge is 2.49. The quantitative estimate of drug-likeness (QED) is 0.0592. The number of carboxylic acid groups (broad SMARTS) is 3. The van der Waals surface area contributed by atoms with Gasteiger partial charge in [0.15, 0.2) is 5.60 Å². The van der Waals surface area contributed by atoms with E-state index in [1.165, 1.54) is 12.5 Å². The molecule has 0 spiro atoms. The van der Waals surface area contributed by atoms with E-state index in [9.17, 15) is 44.4 Å². The third-order valence-electron chi connectivity index (χ3n) is 8.01. The zero-order valence-corrected chi connectivity index (χ0v) is 27.6. The lowest BCUT2D eigenvalue weighted by atomic mass is 9.82. The van der Waals surface area contributed by atoms with Crippen LogP contribution in [-0.4, -0.2) is 61.7 Å². The highest BCUT2D eigenvalue weighted by molar-refractivity contribution is 5.94. The van der Waals surface area contributed by atoms with Crippen LogP contribution in [0.3, 0.4) is 0 Å². The zero-order valence-electron chi connectivity index (χ0n) is 27.6. The monoisotopic (exact) mass is 667 g/mol. The Bertz CT molecular complexity index is 1340. The average Bonchev–Trinajstić information content (AvgIpc) is 3.04. The Morgan fingerprint density at radius 2 is 1.38 bits per heavy atom. The van der Waals surface area contributed by atoms with Gasteiger partial charge in [-0.25, -0.2) is 9.59 Å². The summed E-state index contributed by atoms with van der Waals surface area (Å²) in [7, 11) is 0. The number of para-hydroxylation sites is 1. The lowest BCUT2D eigenvalue weighted by molar-refractivity contribution is -0.172. The van der Waals surface area contributed by atoms with Gasteiger partial charge in [-0.2, -0.15) is 0 Å². The van der Waals surface area contributed by atoms with Crippen molar-refractivity contribution in [3.8, 4) is 11.5 Å². The molecular weight excluding hydrogens is 618 g/mol. The second-order valence-corrected chi connectivity index (χ2v) is 12.0. The van der Waals surface area contributed by atoms with Crippen molar-refractivity contribution >= 4 is 29.6 Å². The van der Waals surface area contributed by atoms with Crippen LogP contribution >= 0.6 is 0 Å². The maximum Gasteiger partial charge on any atom is 0.337 e. The molecule has 1 amide bonds. The van der Waals surface area contributed by atoms with Crippen LogP contribution in [0.1, 0.15) is 96.0 Å². The fourth-order valence-electron chi connectivity index (χ4n) is 5.25. The molecule has 5 N–H and O–H groups in total. The average molecular weight is 668 g/mol. The van der Waals surface area contributed by atoms with Crippen LogP contribution in [0.5, 0.6) is 11.5 Å². The Morgan fingerprint density at radius 3 is 1.94 bits per heavy atom. The first-order valence-corrected chi connectivity index (χ1v) is 16.7. The first-order valence-electron chi connectivity index (χ1n) is 16.7. The molecule has 2 aromatic rings. The Morgan fingerprint density at radius 1 is 0.792 bits per heavy atom. The molecule has 262 valence electrons. The van der Waals surface area contributed by atoms with Crippen molar-refractivity contribution in [3.63, 3.8) is 0 Å². The summed E-state index contributed by atoms with van der Waals surface area (Å²) in [5, 5.41) is 42.1. The van der Waals surface area contributed by atoms with Crippen LogP contribution in [0.15, 0.2) is 66.7 Å². The lowest BCUT2D eigenvalue weighted by Gasteiger charge is -2.29. The van der Waals surface area contributed by atoms with Crippen LogP contribution in [0.4, 0.5) is 0 Å². The summed E-state index contributed by atoms with van der Waals surface area (Å²) in [5.41, 5.74) is -2.49. The number of hydrogen-bond donors (Lipinski definition) is 5. The molecular formula is C37H49NO10. The van der Waals surface area contributed by atoms with Crippen molar-refractivity contribution in [1.29, 1.82) is 0 Å². The van der Waals surface area contributed by atoms with Gasteiger partial charge in [0.25, 0.3) is 0 Å². The minimum Gasteiger partial charge on any atom is -0.481 e. The van der Waals surface area contributed by atoms with Crippen molar-refractivity contribution in [1.82, 2.24) is 5.32 Å². The molecule has 0 aliphatic carbocycles. The summed E-state index contributed by atoms with van der Waals surface area (Å²) >= 11 is 0. The number of aliphatic carboxylic acids is 3. The van der Waals surface area contributed by atoms with Crippen LogP contribution < -0.4 is 10.1 Å². The third kappa shape index (κ3) is 14.5. The molecule has 0 saturated heterocycles. The fourth-order valence-corrected chi connectivity index (χ4v) is 5.25. The number of amides is 1. The van der Waals surface area contributed by atoms with Gasteiger partial charge in [0, 0.05) is 19.3 Å². The molecule has 0 heterocycles. The van der Waals surface area contributed by atoms with Crippen LogP contribution in [0.25, 0.3) is 0 Å². The Kier molecular flexibility index (Phi) is 17.7. The van der Waals surface area contributed by atoms with Crippen molar-refractivity contribution in [2.24, 2.45) is 5.92 Å². The number of carbonyl (C=O) groups is 5. The van der Waals surface area contributed by atoms with Crippen LogP contribution in [0.2, 0.25) is 0 Å². The predicted octanol–water partition coefficient (Wildman–Crippen LogP) is 6.32. The molecule has 0 bridgehead atoms. The molecule has 0 saturated carbocycles. The van der Waals surface area contributed by atoms with E-state index in [0.717, 1.165) is 51.0 Å². The second-order valence-electron chi connectivity index (χ2n) is 12.0. The number of carboxylic acids is 3. The van der Waals surface area contributed by atoms with E-state index >= 15 is 0 Å². The highest BCUT2D eigenvalue weighted by atomic mass is 16.5. The van der Waals surface area contributed by atoms with Crippen molar-refractivity contribution < 1.29 is 49.1 Å². The first kappa shape index (κ1) is 39.7. The summed E-state index contributed by atoms with van der Waals surface area (Å²) < 4.78 is 5.74. The molecule has 2 aromatic carbocycles. The number of aliphatic hydroxyl groups is 1. The topological polar surface area (TPSA) is 188 Å². The van der Waals surface area contributed by atoms with E-state index in [4.69, 9.17) is 4.74 Å². The molecule has 2 rings (SSSR count). The fraction of sp³-hybridized carbons (Fsp3) is 0.486.